The average molecular weight is 269 g/mol. The number of imidazole rings is 1. The van der Waals surface area contributed by atoms with E-state index in [4.69, 9.17) is 9.47 Å². The topological polar surface area (TPSA) is 48.3 Å². The molecule has 5 heteroatoms. The minimum atomic E-state index is 0.624. The summed E-state index contributed by atoms with van der Waals surface area (Å²) in [4.78, 5) is 4.33. The molecule has 110 valence electrons. The van der Waals surface area contributed by atoms with Crippen LogP contribution in [0.25, 0.3) is 0 Å². The highest BCUT2D eigenvalue weighted by Crippen LogP contribution is 2.07. The highest BCUT2D eigenvalue weighted by atomic mass is 16.5. The highest BCUT2D eigenvalue weighted by Gasteiger charge is 2.02. The molecule has 0 unspecified atom stereocenters. The van der Waals surface area contributed by atoms with Gasteiger partial charge in [-0.2, -0.15) is 0 Å². The SMILES string of the molecule is COCCOCCCCn1ccnc1NCC(C)C. The van der Waals surface area contributed by atoms with Gasteiger partial charge in [-0.3, -0.25) is 0 Å². The summed E-state index contributed by atoms with van der Waals surface area (Å²) in [6.45, 7) is 8.47. The molecule has 0 fully saturated rings. The Morgan fingerprint density at radius 1 is 1.26 bits per heavy atom. The number of aromatic nitrogens is 2. The van der Waals surface area contributed by atoms with E-state index in [1.165, 1.54) is 0 Å². The molecule has 1 heterocycles. The number of methoxy groups -OCH3 is 1. The molecule has 0 amide bonds. The summed E-state index contributed by atoms with van der Waals surface area (Å²) in [5.74, 6) is 1.59. The molecular weight excluding hydrogens is 242 g/mol. The molecule has 1 N–H and O–H groups in total. The van der Waals surface area contributed by atoms with E-state index in [1.807, 2.05) is 12.4 Å². The molecule has 1 rings (SSSR count). The summed E-state index contributed by atoms with van der Waals surface area (Å²) in [5.41, 5.74) is 0. The Kier molecular flexibility index (Phi) is 8.25. The fraction of sp³-hybridized carbons (Fsp3) is 0.786. The molecule has 1 aromatic heterocycles. The minimum Gasteiger partial charge on any atom is -0.382 e. The molecule has 0 saturated carbocycles. The Bertz CT molecular complexity index is 326. The van der Waals surface area contributed by atoms with Gasteiger partial charge in [-0.1, -0.05) is 13.8 Å². The number of nitrogens with zero attached hydrogens (tertiary/aromatic N) is 2. The molecular formula is C14H27N3O2. The molecule has 19 heavy (non-hydrogen) atoms. The van der Waals surface area contributed by atoms with Crippen molar-refractivity contribution in [2.75, 3.05) is 38.8 Å². The number of nitrogens with one attached hydrogen (secondary N) is 1. The summed E-state index contributed by atoms with van der Waals surface area (Å²) >= 11 is 0. The quantitative estimate of drug-likeness (QED) is 0.627. The lowest BCUT2D eigenvalue weighted by atomic mass is 10.2. The van der Waals surface area contributed by atoms with E-state index in [9.17, 15) is 0 Å². The highest BCUT2D eigenvalue weighted by molar-refractivity contribution is 5.25. The summed E-state index contributed by atoms with van der Waals surface area (Å²) in [5, 5.41) is 3.37. The van der Waals surface area contributed by atoms with Crippen molar-refractivity contribution in [2.24, 2.45) is 5.92 Å². The van der Waals surface area contributed by atoms with E-state index >= 15 is 0 Å². The monoisotopic (exact) mass is 269 g/mol. The van der Waals surface area contributed by atoms with Crippen LogP contribution in [0.3, 0.4) is 0 Å². The predicted molar refractivity (Wildman–Crippen MR) is 77.5 cm³/mol. The van der Waals surface area contributed by atoms with Gasteiger partial charge in [-0.15, -0.1) is 0 Å². The van der Waals surface area contributed by atoms with Crippen LogP contribution in [-0.4, -0.2) is 43.0 Å². The largest absolute Gasteiger partial charge is 0.382 e. The van der Waals surface area contributed by atoms with Crippen LogP contribution >= 0.6 is 0 Å². The van der Waals surface area contributed by atoms with Crippen molar-refractivity contribution < 1.29 is 9.47 Å². The molecule has 1 aromatic rings. The average Bonchev–Trinajstić information content (AvgIpc) is 2.83. The maximum atomic E-state index is 5.44. The number of ether oxygens (including phenoxy) is 2. The molecule has 0 aliphatic carbocycles. The van der Waals surface area contributed by atoms with Crippen LogP contribution in [0.2, 0.25) is 0 Å². The Morgan fingerprint density at radius 3 is 2.84 bits per heavy atom. The molecule has 0 aliphatic rings. The number of hydrogen-bond donors (Lipinski definition) is 1. The van der Waals surface area contributed by atoms with Gasteiger partial charge in [-0.05, 0) is 18.8 Å². The van der Waals surface area contributed by atoms with E-state index in [-0.39, 0.29) is 0 Å². The molecule has 0 atom stereocenters. The third-order valence-electron chi connectivity index (χ3n) is 2.75. The van der Waals surface area contributed by atoms with Gasteiger partial charge in [-0.25, -0.2) is 4.98 Å². The fourth-order valence-corrected chi connectivity index (χ4v) is 1.68. The number of unbranched alkanes of at least 4 members (excludes halogenated alkanes) is 1. The minimum absolute atomic E-state index is 0.624. The van der Waals surface area contributed by atoms with Gasteiger partial charge in [0.1, 0.15) is 0 Å². The number of hydrogen-bond acceptors (Lipinski definition) is 4. The number of aryl methyl sites for hydroxylation is 1. The normalized spacial score (nSPS) is 11.2. The Morgan fingerprint density at radius 2 is 2.11 bits per heavy atom. The molecule has 0 radical (unpaired) electrons. The summed E-state index contributed by atoms with van der Waals surface area (Å²) in [7, 11) is 1.69. The standard InChI is InChI=1S/C14H27N3O2/c1-13(2)12-16-14-15-6-8-17(14)7-4-5-9-19-11-10-18-3/h6,8,13H,4-5,7,9-12H2,1-3H3,(H,15,16). The van der Waals surface area contributed by atoms with E-state index in [1.54, 1.807) is 7.11 Å². The Labute approximate surface area is 116 Å². The summed E-state index contributed by atoms with van der Waals surface area (Å²) in [6.07, 6.45) is 6.03. The second-order valence-electron chi connectivity index (χ2n) is 5.03. The van der Waals surface area contributed by atoms with Crippen molar-refractivity contribution in [3.05, 3.63) is 12.4 Å². The Hall–Kier alpha value is -1.07. The van der Waals surface area contributed by atoms with Crippen molar-refractivity contribution in [3.8, 4) is 0 Å². The van der Waals surface area contributed by atoms with Gasteiger partial charge in [0.05, 0.1) is 13.2 Å². The number of rotatable bonds is 11. The van der Waals surface area contributed by atoms with Crippen LogP contribution in [0.15, 0.2) is 12.4 Å². The van der Waals surface area contributed by atoms with Gasteiger partial charge in [0, 0.05) is 39.2 Å². The van der Waals surface area contributed by atoms with Gasteiger partial charge < -0.3 is 19.4 Å². The molecule has 0 saturated heterocycles. The van der Waals surface area contributed by atoms with Crippen molar-refractivity contribution in [1.29, 1.82) is 0 Å². The molecule has 0 aromatic carbocycles. The third kappa shape index (κ3) is 7.18. The van der Waals surface area contributed by atoms with Crippen LogP contribution in [-0.2, 0) is 16.0 Å². The molecule has 5 nitrogen and oxygen atoms in total. The first-order chi connectivity index (χ1) is 9.24. The van der Waals surface area contributed by atoms with Crippen molar-refractivity contribution in [1.82, 2.24) is 9.55 Å². The summed E-state index contributed by atoms with van der Waals surface area (Å²) < 4.78 is 12.5. The van der Waals surface area contributed by atoms with Crippen LogP contribution in [0.5, 0.6) is 0 Å². The first kappa shape index (κ1) is 16.0. The molecule has 0 spiro atoms. The molecule has 0 aliphatic heterocycles. The first-order valence-electron chi connectivity index (χ1n) is 7.05. The van der Waals surface area contributed by atoms with Gasteiger partial charge in [0.15, 0.2) is 0 Å². The molecule has 0 bridgehead atoms. The maximum Gasteiger partial charge on any atom is 0.202 e. The lowest BCUT2D eigenvalue weighted by Gasteiger charge is -2.11. The second kappa shape index (κ2) is 9.81. The maximum absolute atomic E-state index is 5.44. The summed E-state index contributed by atoms with van der Waals surface area (Å²) in [6, 6.07) is 0. The van der Waals surface area contributed by atoms with Crippen LogP contribution in [0, 0.1) is 5.92 Å². The van der Waals surface area contributed by atoms with Crippen molar-refractivity contribution in [3.63, 3.8) is 0 Å². The lowest BCUT2D eigenvalue weighted by Crippen LogP contribution is -2.13. The van der Waals surface area contributed by atoms with Crippen molar-refractivity contribution >= 4 is 5.95 Å². The van der Waals surface area contributed by atoms with E-state index in [2.05, 4.69) is 28.7 Å². The van der Waals surface area contributed by atoms with E-state index in [0.717, 1.165) is 38.5 Å². The zero-order valence-corrected chi connectivity index (χ0v) is 12.4. The lowest BCUT2D eigenvalue weighted by molar-refractivity contribution is 0.0684. The Balaban J connectivity index is 2.13. The van der Waals surface area contributed by atoms with Crippen LogP contribution in [0.1, 0.15) is 26.7 Å². The van der Waals surface area contributed by atoms with E-state index in [0.29, 0.717) is 19.1 Å². The predicted octanol–water partition coefficient (Wildman–Crippen LogP) is 2.39. The zero-order valence-electron chi connectivity index (χ0n) is 12.4. The smallest absolute Gasteiger partial charge is 0.202 e. The zero-order chi connectivity index (χ0) is 13.9. The van der Waals surface area contributed by atoms with Crippen LogP contribution < -0.4 is 5.32 Å². The first-order valence-corrected chi connectivity index (χ1v) is 7.05. The third-order valence-corrected chi connectivity index (χ3v) is 2.75. The van der Waals surface area contributed by atoms with Crippen molar-refractivity contribution in [2.45, 2.75) is 33.2 Å². The fourth-order valence-electron chi connectivity index (χ4n) is 1.68. The second-order valence-corrected chi connectivity index (χ2v) is 5.03. The van der Waals surface area contributed by atoms with Gasteiger partial charge in [0.2, 0.25) is 5.95 Å². The van der Waals surface area contributed by atoms with Gasteiger partial charge >= 0.3 is 0 Å². The van der Waals surface area contributed by atoms with Gasteiger partial charge in [0.25, 0.3) is 0 Å². The number of anilines is 1. The van der Waals surface area contributed by atoms with E-state index < -0.39 is 0 Å². The van der Waals surface area contributed by atoms with Crippen LogP contribution in [0.4, 0.5) is 5.95 Å².